The summed E-state index contributed by atoms with van der Waals surface area (Å²) in [6.45, 7) is 1.33. The fraction of sp³-hybridized carbons (Fsp3) is 0.444. The standard InChI is InChI=1S/C9H12BrN3O3/c1-9(15,7(14)16-2)5-13-8-11-3-6(10)4-12-8/h3-4,15H,5H2,1-2H3,(H,11,12,13). The quantitative estimate of drug-likeness (QED) is 0.789. The van der Waals surface area contributed by atoms with Crippen LogP contribution in [0, 0.1) is 0 Å². The minimum atomic E-state index is -1.61. The topological polar surface area (TPSA) is 84.3 Å². The largest absolute Gasteiger partial charge is 0.467 e. The highest BCUT2D eigenvalue weighted by molar-refractivity contribution is 9.10. The Labute approximate surface area is 101 Å². The molecule has 1 unspecified atom stereocenters. The van der Waals surface area contributed by atoms with Gasteiger partial charge in [0, 0.05) is 12.4 Å². The molecule has 0 saturated carbocycles. The van der Waals surface area contributed by atoms with E-state index in [0.29, 0.717) is 5.95 Å². The van der Waals surface area contributed by atoms with Crippen LogP contribution in [0.4, 0.5) is 5.95 Å². The lowest BCUT2D eigenvalue weighted by molar-refractivity contribution is -0.158. The van der Waals surface area contributed by atoms with E-state index in [1.807, 2.05) is 0 Å². The average molecular weight is 290 g/mol. The van der Waals surface area contributed by atoms with Crippen molar-refractivity contribution in [2.24, 2.45) is 0 Å². The van der Waals surface area contributed by atoms with E-state index < -0.39 is 11.6 Å². The maximum Gasteiger partial charge on any atom is 0.339 e. The molecule has 0 fully saturated rings. The monoisotopic (exact) mass is 289 g/mol. The lowest BCUT2D eigenvalue weighted by Crippen LogP contribution is -2.43. The molecular weight excluding hydrogens is 278 g/mol. The Hall–Kier alpha value is -1.21. The molecule has 1 heterocycles. The molecule has 1 atom stereocenters. The van der Waals surface area contributed by atoms with Crippen LogP contribution in [-0.4, -0.2) is 40.3 Å². The molecule has 0 amide bonds. The molecule has 1 rings (SSSR count). The van der Waals surface area contributed by atoms with Gasteiger partial charge < -0.3 is 15.2 Å². The lowest BCUT2D eigenvalue weighted by atomic mass is 10.1. The van der Waals surface area contributed by atoms with Crippen molar-refractivity contribution in [3.63, 3.8) is 0 Å². The van der Waals surface area contributed by atoms with Gasteiger partial charge in [0.25, 0.3) is 0 Å². The zero-order valence-electron chi connectivity index (χ0n) is 8.90. The minimum absolute atomic E-state index is 0.0265. The molecule has 7 heteroatoms. The van der Waals surface area contributed by atoms with Crippen LogP contribution in [0.5, 0.6) is 0 Å². The number of ether oxygens (including phenoxy) is 1. The van der Waals surface area contributed by atoms with Gasteiger partial charge >= 0.3 is 5.97 Å². The number of carbonyl (C=O) groups is 1. The fourth-order valence-corrected chi connectivity index (χ4v) is 1.15. The van der Waals surface area contributed by atoms with Gasteiger partial charge in [0.05, 0.1) is 18.1 Å². The van der Waals surface area contributed by atoms with Gasteiger partial charge in [-0.15, -0.1) is 0 Å². The van der Waals surface area contributed by atoms with Crippen LogP contribution in [0.15, 0.2) is 16.9 Å². The van der Waals surface area contributed by atoms with Crippen LogP contribution < -0.4 is 5.32 Å². The molecular formula is C9H12BrN3O3. The molecule has 0 radical (unpaired) electrons. The molecule has 0 aliphatic rings. The molecule has 1 aromatic heterocycles. The summed E-state index contributed by atoms with van der Waals surface area (Å²) in [6.07, 6.45) is 3.12. The molecule has 88 valence electrons. The van der Waals surface area contributed by atoms with Gasteiger partial charge in [-0.1, -0.05) is 0 Å². The fourth-order valence-electron chi connectivity index (χ4n) is 0.947. The number of nitrogens with zero attached hydrogens (tertiary/aromatic N) is 2. The van der Waals surface area contributed by atoms with E-state index in [2.05, 4.69) is 36.0 Å². The number of hydrogen-bond donors (Lipinski definition) is 2. The van der Waals surface area contributed by atoms with Gasteiger partial charge in [-0.05, 0) is 22.9 Å². The van der Waals surface area contributed by atoms with Crippen LogP contribution in [0.1, 0.15) is 6.92 Å². The maximum atomic E-state index is 11.1. The Morgan fingerprint density at radius 3 is 2.69 bits per heavy atom. The summed E-state index contributed by atoms with van der Waals surface area (Å²) in [5.74, 6) is -0.385. The first-order chi connectivity index (χ1) is 7.45. The predicted octanol–water partition coefficient (Wildman–Crippen LogP) is 0.575. The van der Waals surface area contributed by atoms with Crippen molar-refractivity contribution in [3.8, 4) is 0 Å². The molecule has 6 nitrogen and oxygen atoms in total. The van der Waals surface area contributed by atoms with Crippen molar-refractivity contribution in [3.05, 3.63) is 16.9 Å². The summed E-state index contributed by atoms with van der Waals surface area (Å²) in [5.41, 5.74) is -1.61. The highest BCUT2D eigenvalue weighted by Gasteiger charge is 2.31. The number of aromatic nitrogens is 2. The Balaban J connectivity index is 2.57. The van der Waals surface area contributed by atoms with E-state index in [4.69, 9.17) is 0 Å². The number of methoxy groups -OCH3 is 1. The van der Waals surface area contributed by atoms with Crippen LogP contribution in [0.2, 0.25) is 0 Å². The second kappa shape index (κ2) is 5.22. The van der Waals surface area contributed by atoms with Crippen LogP contribution in [0.3, 0.4) is 0 Å². The zero-order chi connectivity index (χ0) is 12.2. The predicted molar refractivity (Wildman–Crippen MR) is 60.9 cm³/mol. The number of esters is 1. The number of nitrogens with one attached hydrogen (secondary N) is 1. The lowest BCUT2D eigenvalue weighted by Gasteiger charge is -2.20. The first-order valence-electron chi connectivity index (χ1n) is 4.48. The highest BCUT2D eigenvalue weighted by Crippen LogP contribution is 2.09. The first-order valence-corrected chi connectivity index (χ1v) is 5.27. The van der Waals surface area contributed by atoms with Crippen molar-refractivity contribution < 1.29 is 14.6 Å². The summed E-state index contributed by atoms with van der Waals surface area (Å²) in [4.78, 5) is 19.0. The Kier molecular flexibility index (Phi) is 4.19. The summed E-state index contributed by atoms with van der Waals surface area (Å²) in [5, 5.41) is 12.4. The van der Waals surface area contributed by atoms with Crippen molar-refractivity contribution >= 4 is 27.8 Å². The highest BCUT2D eigenvalue weighted by atomic mass is 79.9. The molecule has 1 aromatic rings. The summed E-state index contributed by atoms with van der Waals surface area (Å²) in [7, 11) is 1.22. The number of anilines is 1. The molecule has 0 aromatic carbocycles. The van der Waals surface area contributed by atoms with Gasteiger partial charge in [-0.25, -0.2) is 14.8 Å². The summed E-state index contributed by atoms with van der Waals surface area (Å²) < 4.78 is 5.19. The normalized spacial score (nSPS) is 14.0. The van der Waals surface area contributed by atoms with E-state index in [1.165, 1.54) is 14.0 Å². The Morgan fingerprint density at radius 2 is 2.19 bits per heavy atom. The summed E-state index contributed by atoms with van der Waals surface area (Å²) >= 11 is 3.19. The van der Waals surface area contributed by atoms with Crippen molar-refractivity contribution in [1.82, 2.24) is 9.97 Å². The van der Waals surface area contributed by atoms with Gasteiger partial charge in [0.15, 0.2) is 5.60 Å². The second-order valence-corrected chi connectivity index (χ2v) is 4.26. The van der Waals surface area contributed by atoms with E-state index in [0.717, 1.165) is 4.47 Å². The molecule has 0 saturated heterocycles. The first kappa shape index (κ1) is 12.9. The maximum absolute atomic E-state index is 11.1. The van der Waals surface area contributed by atoms with Crippen molar-refractivity contribution in [2.75, 3.05) is 19.0 Å². The van der Waals surface area contributed by atoms with Gasteiger partial charge in [-0.2, -0.15) is 0 Å². The smallest absolute Gasteiger partial charge is 0.339 e. The number of halogens is 1. The average Bonchev–Trinajstić information content (AvgIpc) is 2.27. The second-order valence-electron chi connectivity index (χ2n) is 3.34. The number of hydrogen-bond acceptors (Lipinski definition) is 6. The van der Waals surface area contributed by atoms with E-state index in [1.54, 1.807) is 12.4 Å². The van der Waals surface area contributed by atoms with E-state index >= 15 is 0 Å². The molecule has 0 aliphatic carbocycles. The zero-order valence-corrected chi connectivity index (χ0v) is 10.5. The van der Waals surface area contributed by atoms with E-state index in [9.17, 15) is 9.90 Å². The third kappa shape index (κ3) is 3.42. The van der Waals surface area contributed by atoms with Gasteiger partial charge in [-0.3, -0.25) is 0 Å². The Bertz CT molecular complexity index is 367. The number of carbonyl (C=O) groups excluding carboxylic acids is 1. The number of aliphatic hydroxyl groups is 1. The molecule has 0 aliphatic heterocycles. The van der Waals surface area contributed by atoms with Gasteiger partial charge in [0.2, 0.25) is 5.95 Å². The van der Waals surface area contributed by atoms with Crippen LogP contribution in [-0.2, 0) is 9.53 Å². The molecule has 16 heavy (non-hydrogen) atoms. The third-order valence-electron chi connectivity index (χ3n) is 1.84. The molecule has 2 N–H and O–H groups in total. The summed E-state index contributed by atoms with van der Waals surface area (Å²) in [6, 6.07) is 0. The minimum Gasteiger partial charge on any atom is -0.467 e. The van der Waals surface area contributed by atoms with Crippen LogP contribution in [0.25, 0.3) is 0 Å². The number of rotatable bonds is 4. The van der Waals surface area contributed by atoms with E-state index in [-0.39, 0.29) is 6.54 Å². The molecule has 0 bridgehead atoms. The van der Waals surface area contributed by atoms with Crippen LogP contribution >= 0.6 is 15.9 Å². The van der Waals surface area contributed by atoms with Gasteiger partial charge in [0.1, 0.15) is 0 Å². The molecule has 0 spiro atoms. The SMILES string of the molecule is COC(=O)C(C)(O)CNc1ncc(Br)cn1. The van der Waals surface area contributed by atoms with Crippen molar-refractivity contribution in [1.29, 1.82) is 0 Å². The Morgan fingerprint density at radius 1 is 1.62 bits per heavy atom. The third-order valence-corrected chi connectivity index (χ3v) is 2.25. The van der Waals surface area contributed by atoms with Crippen molar-refractivity contribution in [2.45, 2.75) is 12.5 Å².